The standard InChI is InChI=1S/C17H15ClF3NOS/c18-16-12-5-1-2-6-13(12)24-14(16)7-8-15(23)22-9-3-4-11(10-22)17(19,20)21/h1-2,5-8,11H,3-4,9-10H2/b8-7+. The van der Waals surface area contributed by atoms with Gasteiger partial charge in [0.2, 0.25) is 5.91 Å². The Kier molecular flexibility index (Phi) is 4.88. The van der Waals surface area contributed by atoms with Crippen LogP contribution in [0, 0.1) is 5.92 Å². The fraction of sp³-hybridized carbons (Fsp3) is 0.353. The van der Waals surface area contributed by atoms with Gasteiger partial charge in [-0.3, -0.25) is 4.79 Å². The van der Waals surface area contributed by atoms with E-state index in [-0.39, 0.29) is 13.0 Å². The first kappa shape index (κ1) is 17.3. The topological polar surface area (TPSA) is 20.3 Å². The molecule has 0 saturated carbocycles. The zero-order valence-corrected chi connectivity index (χ0v) is 14.2. The Bertz CT molecular complexity index is 784. The van der Waals surface area contributed by atoms with Crippen molar-refractivity contribution in [3.63, 3.8) is 0 Å². The summed E-state index contributed by atoms with van der Waals surface area (Å²) in [6.45, 7) is 0.0860. The van der Waals surface area contributed by atoms with E-state index < -0.39 is 18.0 Å². The van der Waals surface area contributed by atoms with Crippen molar-refractivity contribution in [2.24, 2.45) is 5.92 Å². The lowest BCUT2D eigenvalue weighted by atomic mass is 9.97. The van der Waals surface area contributed by atoms with Crippen molar-refractivity contribution < 1.29 is 18.0 Å². The Morgan fingerprint density at radius 2 is 2.08 bits per heavy atom. The molecule has 128 valence electrons. The molecule has 0 radical (unpaired) electrons. The van der Waals surface area contributed by atoms with Crippen LogP contribution in [0.3, 0.4) is 0 Å². The summed E-state index contributed by atoms with van der Waals surface area (Å²) in [5.41, 5.74) is 0. The van der Waals surface area contributed by atoms with Crippen molar-refractivity contribution in [2.75, 3.05) is 13.1 Å². The number of hydrogen-bond acceptors (Lipinski definition) is 2. The number of amides is 1. The smallest absolute Gasteiger partial charge is 0.339 e. The van der Waals surface area contributed by atoms with E-state index in [4.69, 9.17) is 11.6 Å². The summed E-state index contributed by atoms with van der Waals surface area (Å²) in [7, 11) is 0. The summed E-state index contributed by atoms with van der Waals surface area (Å²) < 4.78 is 39.5. The molecule has 1 fully saturated rings. The van der Waals surface area contributed by atoms with Crippen molar-refractivity contribution in [3.05, 3.63) is 40.2 Å². The zero-order valence-electron chi connectivity index (χ0n) is 12.6. The molecule has 0 bridgehead atoms. The number of hydrogen-bond donors (Lipinski definition) is 0. The summed E-state index contributed by atoms with van der Waals surface area (Å²) in [5, 5.41) is 1.47. The minimum Gasteiger partial charge on any atom is -0.339 e. The fourth-order valence-corrected chi connectivity index (χ4v) is 4.24. The predicted molar refractivity (Wildman–Crippen MR) is 91.2 cm³/mol. The normalized spacial score (nSPS) is 19.3. The Balaban J connectivity index is 1.73. The molecule has 24 heavy (non-hydrogen) atoms. The van der Waals surface area contributed by atoms with E-state index in [1.807, 2.05) is 24.3 Å². The van der Waals surface area contributed by atoms with Gasteiger partial charge in [-0.25, -0.2) is 0 Å². The SMILES string of the molecule is O=C(/C=C/c1sc2ccccc2c1Cl)N1CCCC(C(F)(F)F)C1. The van der Waals surface area contributed by atoms with E-state index in [0.29, 0.717) is 18.0 Å². The lowest BCUT2D eigenvalue weighted by molar-refractivity contribution is -0.187. The maximum absolute atomic E-state index is 12.8. The highest BCUT2D eigenvalue weighted by Gasteiger charge is 2.42. The number of fused-ring (bicyclic) bond motifs is 1. The molecule has 1 atom stereocenters. The second-order valence-corrected chi connectivity index (χ2v) is 7.24. The van der Waals surface area contributed by atoms with E-state index in [0.717, 1.165) is 15.0 Å². The molecule has 7 heteroatoms. The van der Waals surface area contributed by atoms with Crippen LogP contribution in [0.25, 0.3) is 16.2 Å². The largest absolute Gasteiger partial charge is 0.393 e. The van der Waals surface area contributed by atoms with Crippen LogP contribution in [0.5, 0.6) is 0 Å². The zero-order chi connectivity index (χ0) is 17.3. The Morgan fingerprint density at radius 1 is 1.33 bits per heavy atom. The molecule has 0 aliphatic carbocycles. The first-order chi connectivity index (χ1) is 11.4. The van der Waals surface area contributed by atoms with Crippen molar-refractivity contribution in [3.8, 4) is 0 Å². The average molecular weight is 374 g/mol. The highest BCUT2D eigenvalue weighted by atomic mass is 35.5. The molecule has 1 saturated heterocycles. The van der Waals surface area contributed by atoms with Gasteiger partial charge in [-0.15, -0.1) is 11.3 Å². The summed E-state index contributed by atoms with van der Waals surface area (Å²) in [5.74, 6) is -1.84. The molecule has 1 aromatic heterocycles. The highest BCUT2D eigenvalue weighted by molar-refractivity contribution is 7.20. The molecule has 1 unspecified atom stereocenters. The van der Waals surface area contributed by atoms with Crippen LogP contribution in [0.1, 0.15) is 17.7 Å². The van der Waals surface area contributed by atoms with E-state index in [1.54, 1.807) is 6.08 Å². The molecule has 0 spiro atoms. The summed E-state index contributed by atoms with van der Waals surface area (Å²) in [6.07, 6.45) is -0.897. The number of nitrogens with zero attached hydrogens (tertiary/aromatic N) is 1. The highest BCUT2D eigenvalue weighted by Crippen LogP contribution is 2.36. The maximum Gasteiger partial charge on any atom is 0.393 e. The summed E-state index contributed by atoms with van der Waals surface area (Å²) in [6, 6.07) is 7.61. The summed E-state index contributed by atoms with van der Waals surface area (Å²) >= 11 is 7.74. The Hall–Kier alpha value is -1.53. The number of benzene rings is 1. The lowest BCUT2D eigenvalue weighted by Gasteiger charge is -2.33. The third-order valence-corrected chi connectivity index (χ3v) is 5.79. The van der Waals surface area contributed by atoms with E-state index in [2.05, 4.69) is 0 Å². The van der Waals surface area contributed by atoms with Crippen LogP contribution in [-0.2, 0) is 4.79 Å². The molecule has 3 rings (SSSR count). The molecule has 2 nitrogen and oxygen atoms in total. The number of thiophene rings is 1. The van der Waals surface area contributed by atoms with Gasteiger partial charge in [0.05, 0.1) is 10.9 Å². The van der Waals surface area contributed by atoms with Crippen LogP contribution in [0.15, 0.2) is 30.3 Å². The van der Waals surface area contributed by atoms with Crippen molar-refractivity contribution in [2.45, 2.75) is 19.0 Å². The van der Waals surface area contributed by atoms with Gasteiger partial charge >= 0.3 is 6.18 Å². The number of piperidine rings is 1. The number of carbonyl (C=O) groups excluding carboxylic acids is 1. The maximum atomic E-state index is 12.8. The van der Waals surface area contributed by atoms with Crippen LogP contribution < -0.4 is 0 Å². The molecule has 1 aromatic carbocycles. The van der Waals surface area contributed by atoms with Crippen LogP contribution >= 0.6 is 22.9 Å². The van der Waals surface area contributed by atoms with Crippen molar-refractivity contribution >= 4 is 45.0 Å². The second kappa shape index (κ2) is 6.76. The van der Waals surface area contributed by atoms with Gasteiger partial charge in [-0.05, 0) is 25.0 Å². The number of halogens is 4. The van der Waals surface area contributed by atoms with E-state index >= 15 is 0 Å². The van der Waals surface area contributed by atoms with Crippen molar-refractivity contribution in [1.82, 2.24) is 4.90 Å². The first-order valence-corrected chi connectivity index (χ1v) is 8.76. The molecular formula is C17H15ClF3NOS. The minimum absolute atomic E-state index is 0.0825. The predicted octanol–water partition coefficient (Wildman–Crippen LogP) is 5.37. The average Bonchev–Trinajstić information content (AvgIpc) is 2.88. The first-order valence-electron chi connectivity index (χ1n) is 7.57. The quantitative estimate of drug-likeness (QED) is 0.648. The molecule has 1 amide bonds. The molecule has 2 heterocycles. The van der Waals surface area contributed by atoms with Gasteiger partial charge in [-0.1, -0.05) is 29.8 Å². The third-order valence-electron chi connectivity index (χ3n) is 4.13. The molecule has 2 aromatic rings. The van der Waals surface area contributed by atoms with Crippen LogP contribution in [0.4, 0.5) is 13.2 Å². The lowest BCUT2D eigenvalue weighted by Crippen LogP contribution is -2.44. The van der Waals surface area contributed by atoms with Crippen LogP contribution in [-0.4, -0.2) is 30.1 Å². The monoisotopic (exact) mass is 373 g/mol. The molecule has 1 aliphatic heterocycles. The van der Waals surface area contributed by atoms with E-state index in [9.17, 15) is 18.0 Å². The summed E-state index contributed by atoms with van der Waals surface area (Å²) in [4.78, 5) is 14.2. The Morgan fingerprint density at radius 3 is 2.79 bits per heavy atom. The second-order valence-electron chi connectivity index (χ2n) is 5.77. The fourth-order valence-electron chi connectivity index (χ4n) is 2.84. The molecular weight excluding hydrogens is 359 g/mol. The van der Waals surface area contributed by atoms with Gasteiger partial charge < -0.3 is 4.90 Å². The molecule has 1 aliphatic rings. The molecule has 0 N–H and O–H groups in total. The third kappa shape index (κ3) is 3.59. The van der Waals surface area contributed by atoms with Crippen molar-refractivity contribution in [1.29, 1.82) is 0 Å². The number of likely N-dealkylation sites (tertiary alicyclic amines) is 1. The Labute approximate surface area is 146 Å². The minimum atomic E-state index is -4.25. The van der Waals surface area contributed by atoms with E-state index in [1.165, 1.54) is 22.3 Å². The number of alkyl halides is 3. The number of carbonyl (C=O) groups is 1. The number of rotatable bonds is 2. The van der Waals surface area contributed by atoms with Gasteiger partial charge in [0, 0.05) is 34.1 Å². The van der Waals surface area contributed by atoms with Gasteiger partial charge in [0.25, 0.3) is 0 Å². The van der Waals surface area contributed by atoms with Crippen LogP contribution in [0.2, 0.25) is 5.02 Å². The van der Waals surface area contributed by atoms with Gasteiger partial charge in [0.1, 0.15) is 0 Å². The van der Waals surface area contributed by atoms with Gasteiger partial charge in [-0.2, -0.15) is 13.2 Å². The van der Waals surface area contributed by atoms with Gasteiger partial charge in [0.15, 0.2) is 0 Å².